The van der Waals surface area contributed by atoms with Gasteiger partial charge in [0.2, 0.25) is 11.8 Å². The molecule has 0 radical (unpaired) electrons. The molecule has 1 N–H and O–H groups in total. The van der Waals surface area contributed by atoms with E-state index in [1.54, 1.807) is 0 Å². The largest absolute Gasteiger partial charge is 0.348 e. The first-order chi connectivity index (χ1) is 11.7. The van der Waals surface area contributed by atoms with Crippen LogP contribution in [-0.4, -0.2) is 29.3 Å². The number of nitrogens with zero attached hydrogens (tertiary/aromatic N) is 1. The Labute approximate surface area is 144 Å². The van der Waals surface area contributed by atoms with Crippen molar-refractivity contribution in [2.24, 2.45) is 5.92 Å². The molecule has 2 aliphatic rings. The number of amides is 2. The summed E-state index contributed by atoms with van der Waals surface area (Å²) in [6.07, 6.45) is 7.22. The normalized spacial score (nSPS) is 23.0. The second-order valence-electron chi connectivity index (χ2n) is 7.17. The molecule has 0 spiro atoms. The summed E-state index contributed by atoms with van der Waals surface area (Å²) in [6.45, 7) is 2.72. The van der Waals surface area contributed by atoms with E-state index in [-0.39, 0.29) is 29.8 Å². The van der Waals surface area contributed by atoms with Gasteiger partial charge in [-0.2, -0.15) is 0 Å². The number of carbonyl (C=O) groups excluding carboxylic acids is 2. The predicted octanol–water partition coefficient (Wildman–Crippen LogP) is 3.44. The molecule has 130 valence electrons. The Morgan fingerprint density at radius 2 is 1.75 bits per heavy atom. The van der Waals surface area contributed by atoms with E-state index in [4.69, 9.17) is 0 Å². The van der Waals surface area contributed by atoms with Crippen LogP contribution in [0.4, 0.5) is 0 Å². The highest BCUT2D eigenvalue weighted by atomic mass is 16.2. The van der Waals surface area contributed by atoms with Crippen molar-refractivity contribution < 1.29 is 9.59 Å². The summed E-state index contributed by atoms with van der Waals surface area (Å²) in [7, 11) is 0. The topological polar surface area (TPSA) is 49.4 Å². The summed E-state index contributed by atoms with van der Waals surface area (Å²) in [6, 6.07) is 9.64. The van der Waals surface area contributed by atoms with Gasteiger partial charge in [-0.15, -0.1) is 0 Å². The van der Waals surface area contributed by atoms with Crippen molar-refractivity contribution in [2.45, 2.75) is 64.0 Å². The molecule has 1 saturated heterocycles. The molecule has 1 aliphatic carbocycles. The number of benzene rings is 1. The van der Waals surface area contributed by atoms with Crippen LogP contribution >= 0.6 is 0 Å². The second-order valence-corrected chi connectivity index (χ2v) is 7.17. The molecule has 3 rings (SSSR count). The van der Waals surface area contributed by atoms with Crippen LogP contribution in [-0.2, 0) is 9.59 Å². The van der Waals surface area contributed by atoms with E-state index in [2.05, 4.69) is 5.32 Å². The van der Waals surface area contributed by atoms with E-state index in [1.165, 1.54) is 6.42 Å². The highest BCUT2D eigenvalue weighted by Gasteiger charge is 2.37. The first-order valence-electron chi connectivity index (χ1n) is 9.32. The highest BCUT2D eigenvalue weighted by molar-refractivity contribution is 5.89. The lowest BCUT2D eigenvalue weighted by Gasteiger charge is -2.30. The van der Waals surface area contributed by atoms with Gasteiger partial charge >= 0.3 is 0 Å². The van der Waals surface area contributed by atoms with E-state index in [9.17, 15) is 9.59 Å². The van der Waals surface area contributed by atoms with E-state index in [1.807, 2.05) is 42.2 Å². The Balaban J connectivity index is 1.62. The fraction of sp³-hybridized carbons (Fsp3) is 0.600. The zero-order chi connectivity index (χ0) is 16.9. The summed E-state index contributed by atoms with van der Waals surface area (Å²) in [5.74, 6) is 0.339. The van der Waals surface area contributed by atoms with Crippen LogP contribution in [0.3, 0.4) is 0 Å². The SMILES string of the molecule is CC(NC(=O)C1CCCN1C(=O)C1CCCCC1)c1ccccc1. The molecule has 1 heterocycles. The molecule has 2 fully saturated rings. The van der Waals surface area contributed by atoms with Gasteiger partial charge in [-0.25, -0.2) is 0 Å². The summed E-state index contributed by atoms with van der Waals surface area (Å²) < 4.78 is 0. The molecule has 0 aromatic heterocycles. The van der Waals surface area contributed by atoms with Crippen molar-refractivity contribution >= 4 is 11.8 Å². The van der Waals surface area contributed by atoms with E-state index < -0.39 is 0 Å². The first-order valence-corrected chi connectivity index (χ1v) is 9.32. The van der Waals surface area contributed by atoms with Crippen LogP contribution in [0.1, 0.15) is 63.5 Å². The molecular weight excluding hydrogens is 300 g/mol. The van der Waals surface area contributed by atoms with Crippen molar-refractivity contribution in [3.05, 3.63) is 35.9 Å². The van der Waals surface area contributed by atoms with Crippen LogP contribution in [0, 0.1) is 5.92 Å². The smallest absolute Gasteiger partial charge is 0.243 e. The first kappa shape index (κ1) is 17.0. The van der Waals surface area contributed by atoms with Gasteiger partial charge in [0, 0.05) is 12.5 Å². The third-order valence-electron chi connectivity index (χ3n) is 5.45. The molecule has 1 saturated carbocycles. The minimum Gasteiger partial charge on any atom is -0.348 e. The van der Waals surface area contributed by atoms with Crippen molar-refractivity contribution in [3.8, 4) is 0 Å². The molecule has 2 atom stereocenters. The Kier molecular flexibility index (Phi) is 5.54. The Bertz CT molecular complexity index is 566. The van der Waals surface area contributed by atoms with E-state index in [0.717, 1.165) is 50.6 Å². The second kappa shape index (κ2) is 7.82. The van der Waals surface area contributed by atoms with Gasteiger partial charge < -0.3 is 10.2 Å². The van der Waals surface area contributed by atoms with Crippen LogP contribution in [0.5, 0.6) is 0 Å². The molecule has 1 aromatic rings. The summed E-state index contributed by atoms with van der Waals surface area (Å²) in [5, 5.41) is 3.09. The van der Waals surface area contributed by atoms with Gasteiger partial charge in [0.15, 0.2) is 0 Å². The molecule has 1 aliphatic heterocycles. The van der Waals surface area contributed by atoms with Gasteiger partial charge in [0.25, 0.3) is 0 Å². The van der Waals surface area contributed by atoms with Gasteiger partial charge in [-0.1, -0.05) is 49.6 Å². The lowest BCUT2D eigenvalue weighted by atomic mass is 9.88. The van der Waals surface area contributed by atoms with Crippen LogP contribution in [0.2, 0.25) is 0 Å². The van der Waals surface area contributed by atoms with E-state index >= 15 is 0 Å². The fourth-order valence-corrected chi connectivity index (χ4v) is 4.02. The number of hydrogen-bond donors (Lipinski definition) is 1. The lowest BCUT2D eigenvalue weighted by Crippen LogP contribution is -2.48. The lowest BCUT2D eigenvalue weighted by molar-refractivity contribution is -0.142. The third-order valence-corrected chi connectivity index (χ3v) is 5.45. The maximum absolute atomic E-state index is 12.8. The molecule has 1 aromatic carbocycles. The molecule has 4 heteroatoms. The zero-order valence-electron chi connectivity index (χ0n) is 14.5. The van der Waals surface area contributed by atoms with Gasteiger partial charge in [-0.05, 0) is 38.2 Å². The average molecular weight is 328 g/mol. The summed E-state index contributed by atoms with van der Waals surface area (Å²) in [4.78, 5) is 27.4. The molecule has 4 nitrogen and oxygen atoms in total. The average Bonchev–Trinajstić information content (AvgIpc) is 3.12. The maximum Gasteiger partial charge on any atom is 0.243 e. The van der Waals surface area contributed by atoms with Crippen molar-refractivity contribution in [3.63, 3.8) is 0 Å². The molecule has 24 heavy (non-hydrogen) atoms. The number of hydrogen-bond acceptors (Lipinski definition) is 2. The summed E-state index contributed by atoms with van der Waals surface area (Å²) >= 11 is 0. The van der Waals surface area contributed by atoms with Crippen molar-refractivity contribution in [2.75, 3.05) is 6.54 Å². The van der Waals surface area contributed by atoms with Gasteiger partial charge in [-0.3, -0.25) is 9.59 Å². The number of carbonyl (C=O) groups is 2. The standard InChI is InChI=1S/C20H28N2O2/c1-15(16-9-4-2-5-10-16)21-19(23)18-13-8-14-22(18)20(24)17-11-6-3-7-12-17/h2,4-5,9-10,15,17-18H,3,6-8,11-14H2,1H3,(H,21,23). The van der Waals surface area contributed by atoms with Crippen LogP contribution < -0.4 is 5.32 Å². The third kappa shape index (κ3) is 3.80. The van der Waals surface area contributed by atoms with Crippen LogP contribution in [0.25, 0.3) is 0 Å². The summed E-state index contributed by atoms with van der Waals surface area (Å²) in [5.41, 5.74) is 1.09. The Hall–Kier alpha value is -1.84. The zero-order valence-corrected chi connectivity index (χ0v) is 14.5. The Morgan fingerprint density at radius 1 is 1.04 bits per heavy atom. The Morgan fingerprint density at radius 3 is 2.46 bits per heavy atom. The van der Waals surface area contributed by atoms with E-state index in [0.29, 0.717) is 0 Å². The fourth-order valence-electron chi connectivity index (χ4n) is 4.02. The quantitative estimate of drug-likeness (QED) is 0.920. The van der Waals surface area contributed by atoms with Crippen LogP contribution in [0.15, 0.2) is 30.3 Å². The molecular formula is C20H28N2O2. The molecule has 2 unspecified atom stereocenters. The number of nitrogens with one attached hydrogen (secondary N) is 1. The molecule has 0 bridgehead atoms. The van der Waals surface area contributed by atoms with Gasteiger partial charge in [0.1, 0.15) is 6.04 Å². The van der Waals surface area contributed by atoms with Crippen molar-refractivity contribution in [1.29, 1.82) is 0 Å². The molecule has 2 amide bonds. The number of rotatable bonds is 4. The minimum absolute atomic E-state index is 0.00647. The number of likely N-dealkylation sites (tertiary alicyclic amines) is 1. The van der Waals surface area contributed by atoms with Crippen molar-refractivity contribution in [1.82, 2.24) is 10.2 Å². The minimum atomic E-state index is -0.286. The maximum atomic E-state index is 12.8. The predicted molar refractivity (Wildman–Crippen MR) is 94.3 cm³/mol. The van der Waals surface area contributed by atoms with Gasteiger partial charge in [0.05, 0.1) is 6.04 Å². The highest BCUT2D eigenvalue weighted by Crippen LogP contribution is 2.29. The monoisotopic (exact) mass is 328 g/mol.